The fraction of sp³-hybridized carbons (Fsp3) is 0.333. The van der Waals surface area contributed by atoms with Crippen LogP contribution in [0.5, 0.6) is 0 Å². The van der Waals surface area contributed by atoms with Gasteiger partial charge in [0.25, 0.3) is 0 Å². The van der Waals surface area contributed by atoms with Gasteiger partial charge in [-0.15, -0.1) is 11.3 Å². The van der Waals surface area contributed by atoms with Crippen LogP contribution in [0, 0.1) is 0 Å². The van der Waals surface area contributed by atoms with Crippen molar-refractivity contribution in [1.82, 2.24) is 9.80 Å². The molecule has 2 heterocycles. The zero-order valence-electron chi connectivity index (χ0n) is 13.3. The Morgan fingerprint density at radius 3 is 2.38 bits per heavy atom. The average molecular weight is 363 g/mol. The predicted octanol–water partition coefficient (Wildman–Crippen LogP) is 2.97. The lowest BCUT2D eigenvalue weighted by Gasteiger charge is -2.34. The zero-order chi connectivity index (χ0) is 16.9. The summed E-state index contributed by atoms with van der Waals surface area (Å²) < 4.78 is 0. The Hall–Kier alpha value is -1.69. The van der Waals surface area contributed by atoms with Gasteiger partial charge < -0.3 is 4.90 Å². The minimum Gasteiger partial charge on any atom is -0.340 e. The van der Waals surface area contributed by atoms with Crippen LogP contribution in [0.4, 0.5) is 0 Å². The fourth-order valence-electron chi connectivity index (χ4n) is 2.76. The number of rotatable bonds is 5. The number of nitrogens with zero attached hydrogens (tertiary/aromatic N) is 2. The van der Waals surface area contributed by atoms with Gasteiger partial charge in [0.2, 0.25) is 5.91 Å². The first-order valence-corrected chi connectivity index (χ1v) is 9.19. The van der Waals surface area contributed by atoms with E-state index in [9.17, 15) is 9.59 Å². The third kappa shape index (κ3) is 4.44. The van der Waals surface area contributed by atoms with Gasteiger partial charge >= 0.3 is 0 Å². The topological polar surface area (TPSA) is 40.6 Å². The van der Waals surface area contributed by atoms with Crippen LogP contribution in [0.1, 0.15) is 15.2 Å². The highest BCUT2D eigenvalue weighted by Gasteiger charge is 2.23. The van der Waals surface area contributed by atoms with E-state index in [1.165, 1.54) is 0 Å². The minimum atomic E-state index is 0.0880. The number of carbonyl (C=O) groups excluding carboxylic acids is 2. The second-order valence-corrected chi connectivity index (χ2v) is 7.31. The Morgan fingerprint density at radius 2 is 1.75 bits per heavy atom. The molecule has 0 saturated carbocycles. The molecule has 0 bridgehead atoms. The van der Waals surface area contributed by atoms with Crippen LogP contribution in [-0.2, 0) is 11.2 Å². The first kappa shape index (κ1) is 17.1. The Bertz CT molecular complexity index is 692. The third-order valence-electron chi connectivity index (χ3n) is 4.16. The van der Waals surface area contributed by atoms with Gasteiger partial charge in [0.15, 0.2) is 5.78 Å². The third-order valence-corrected chi connectivity index (χ3v) is 5.29. The summed E-state index contributed by atoms with van der Waals surface area (Å²) in [5, 5.41) is 2.62. The van der Waals surface area contributed by atoms with Crippen molar-refractivity contribution in [3.63, 3.8) is 0 Å². The number of Topliss-reactive ketones (excluding diaryl/α,β-unsaturated/α-hetero) is 1. The van der Waals surface area contributed by atoms with E-state index in [1.54, 1.807) is 35.6 Å². The quantitative estimate of drug-likeness (QED) is 0.768. The number of hydrogen-bond acceptors (Lipinski definition) is 4. The van der Waals surface area contributed by atoms with Gasteiger partial charge in [-0.1, -0.05) is 17.7 Å². The standard InChI is InChI=1S/C18H19ClN2O2S/c19-15-5-3-14(4-6-15)17(22)13-20-7-9-21(10-8-20)18(23)12-16-2-1-11-24-16/h1-6,11H,7-10,12-13H2. The number of hydrogen-bond donors (Lipinski definition) is 0. The monoisotopic (exact) mass is 362 g/mol. The van der Waals surface area contributed by atoms with Crippen molar-refractivity contribution >= 4 is 34.6 Å². The number of halogens is 1. The first-order chi connectivity index (χ1) is 11.6. The number of carbonyl (C=O) groups is 2. The zero-order valence-corrected chi connectivity index (χ0v) is 14.9. The maximum atomic E-state index is 12.3. The average Bonchev–Trinajstić information content (AvgIpc) is 3.09. The second-order valence-electron chi connectivity index (χ2n) is 5.84. The Kier molecular flexibility index (Phi) is 5.66. The summed E-state index contributed by atoms with van der Waals surface area (Å²) in [6.07, 6.45) is 0.474. The van der Waals surface area contributed by atoms with Crippen molar-refractivity contribution in [2.75, 3.05) is 32.7 Å². The summed E-state index contributed by atoms with van der Waals surface area (Å²) in [5.74, 6) is 0.256. The van der Waals surface area contributed by atoms with E-state index in [-0.39, 0.29) is 11.7 Å². The van der Waals surface area contributed by atoms with Gasteiger partial charge in [0.05, 0.1) is 13.0 Å². The Morgan fingerprint density at radius 1 is 1.04 bits per heavy atom. The molecule has 0 radical (unpaired) electrons. The smallest absolute Gasteiger partial charge is 0.227 e. The summed E-state index contributed by atoms with van der Waals surface area (Å²) in [5.41, 5.74) is 0.676. The van der Waals surface area contributed by atoms with Crippen molar-refractivity contribution in [2.45, 2.75) is 6.42 Å². The number of piperazine rings is 1. The highest BCUT2D eigenvalue weighted by Crippen LogP contribution is 2.13. The van der Waals surface area contributed by atoms with E-state index < -0.39 is 0 Å². The lowest BCUT2D eigenvalue weighted by molar-refractivity contribution is -0.132. The van der Waals surface area contributed by atoms with Gasteiger partial charge in [-0.3, -0.25) is 14.5 Å². The van der Waals surface area contributed by atoms with Crippen molar-refractivity contribution < 1.29 is 9.59 Å². The largest absolute Gasteiger partial charge is 0.340 e. The van der Waals surface area contributed by atoms with Crippen LogP contribution in [0.15, 0.2) is 41.8 Å². The highest BCUT2D eigenvalue weighted by atomic mass is 35.5. The molecule has 1 aliphatic heterocycles. The molecule has 24 heavy (non-hydrogen) atoms. The van der Waals surface area contributed by atoms with E-state index in [2.05, 4.69) is 4.90 Å². The van der Waals surface area contributed by atoms with E-state index in [0.29, 0.717) is 36.6 Å². The van der Waals surface area contributed by atoms with Crippen LogP contribution < -0.4 is 0 Å². The number of ketones is 1. The summed E-state index contributed by atoms with van der Waals surface area (Å²) in [6.45, 7) is 3.20. The number of benzene rings is 1. The minimum absolute atomic E-state index is 0.0880. The fourth-order valence-corrected chi connectivity index (χ4v) is 3.58. The molecule has 1 aromatic heterocycles. The highest BCUT2D eigenvalue weighted by molar-refractivity contribution is 7.10. The molecule has 126 valence electrons. The normalized spacial score (nSPS) is 15.5. The molecular weight excluding hydrogens is 344 g/mol. The summed E-state index contributed by atoms with van der Waals surface area (Å²) in [4.78, 5) is 29.7. The van der Waals surface area contributed by atoms with Crippen LogP contribution >= 0.6 is 22.9 Å². The number of amides is 1. The SMILES string of the molecule is O=C(CN1CCN(C(=O)Cc2cccs2)CC1)c1ccc(Cl)cc1. The van der Waals surface area contributed by atoms with E-state index in [1.807, 2.05) is 22.4 Å². The number of thiophene rings is 1. The molecule has 1 saturated heterocycles. The van der Waals surface area contributed by atoms with Gasteiger partial charge in [0, 0.05) is 41.6 Å². The van der Waals surface area contributed by atoms with Crippen molar-refractivity contribution in [3.05, 3.63) is 57.2 Å². The Labute approximate surface area is 150 Å². The molecule has 6 heteroatoms. The molecule has 1 amide bonds. The molecule has 1 fully saturated rings. The predicted molar refractivity (Wildman–Crippen MR) is 96.8 cm³/mol. The molecule has 0 aliphatic carbocycles. The molecule has 0 spiro atoms. The summed E-state index contributed by atoms with van der Waals surface area (Å²) in [7, 11) is 0. The van der Waals surface area contributed by atoms with Crippen LogP contribution in [0.25, 0.3) is 0 Å². The molecule has 4 nitrogen and oxygen atoms in total. The molecule has 1 aliphatic rings. The maximum absolute atomic E-state index is 12.3. The van der Waals surface area contributed by atoms with Crippen molar-refractivity contribution in [1.29, 1.82) is 0 Å². The lowest BCUT2D eigenvalue weighted by atomic mass is 10.1. The first-order valence-electron chi connectivity index (χ1n) is 7.93. The van der Waals surface area contributed by atoms with Gasteiger partial charge in [-0.25, -0.2) is 0 Å². The summed E-state index contributed by atoms with van der Waals surface area (Å²) >= 11 is 7.46. The van der Waals surface area contributed by atoms with Gasteiger partial charge in [0.1, 0.15) is 0 Å². The second kappa shape index (κ2) is 7.92. The molecular formula is C18H19ClN2O2S. The van der Waals surface area contributed by atoms with Gasteiger partial charge in [-0.05, 0) is 35.7 Å². The molecule has 0 N–H and O–H groups in total. The van der Waals surface area contributed by atoms with Crippen LogP contribution in [-0.4, -0.2) is 54.2 Å². The molecule has 1 aromatic carbocycles. The van der Waals surface area contributed by atoms with Crippen molar-refractivity contribution in [2.24, 2.45) is 0 Å². The molecule has 3 rings (SSSR count). The van der Waals surface area contributed by atoms with Crippen LogP contribution in [0.3, 0.4) is 0 Å². The van der Waals surface area contributed by atoms with Crippen LogP contribution in [0.2, 0.25) is 5.02 Å². The summed E-state index contributed by atoms with van der Waals surface area (Å²) in [6, 6.07) is 10.9. The molecule has 0 unspecified atom stereocenters. The lowest BCUT2D eigenvalue weighted by Crippen LogP contribution is -2.50. The van der Waals surface area contributed by atoms with E-state index in [0.717, 1.165) is 18.0 Å². The van der Waals surface area contributed by atoms with E-state index >= 15 is 0 Å². The molecule has 2 aromatic rings. The molecule has 0 atom stereocenters. The van der Waals surface area contributed by atoms with Crippen molar-refractivity contribution in [3.8, 4) is 0 Å². The van der Waals surface area contributed by atoms with E-state index in [4.69, 9.17) is 11.6 Å². The van der Waals surface area contributed by atoms with Gasteiger partial charge in [-0.2, -0.15) is 0 Å². The maximum Gasteiger partial charge on any atom is 0.227 e. The Balaban J connectivity index is 1.47.